The van der Waals surface area contributed by atoms with Gasteiger partial charge >= 0.3 is 17.1 Å². The fraction of sp³-hybridized carbons (Fsp3) is 0.611. The first-order chi connectivity index (χ1) is 16.9. The number of carbonyl (C=O) groups excluding carboxylic acids is 2. The van der Waals surface area contributed by atoms with Crippen LogP contribution in [0.4, 0.5) is 31.1 Å². The van der Waals surface area contributed by atoms with Crippen molar-refractivity contribution in [2.45, 2.75) is 50.2 Å². The van der Waals surface area contributed by atoms with Crippen LogP contribution >= 0.6 is 0 Å². The minimum absolute atomic E-state index is 0.352. The highest BCUT2D eigenvalue weighted by molar-refractivity contribution is 8.13. The van der Waals surface area contributed by atoms with Crippen molar-refractivity contribution in [2.24, 2.45) is 4.99 Å². The molecule has 0 spiro atoms. The Morgan fingerprint density at radius 1 is 1.03 bits per heavy atom. The second-order valence-electron chi connectivity index (χ2n) is 6.90. The number of unbranched alkanes of at least 4 members (excludes halogenated alkanes) is 3. The van der Waals surface area contributed by atoms with Crippen LogP contribution in [-0.2, 0) is 36.1 Å². The van der Waals surface area contributed by atoms with Gasteiger partial charge in [0.2, 0.25) is 6.08 Å². The summed E-state index contributed by atoms with van der Waals surface area (Å²) in [5.41, 5.74) is -11.3. The lowest BCUT2D eigenvalue weighted by Crippen LogP contribution is -2.39. The quantitative estimate of drug-likeness (QED) is 0.130. The minimum Gasteiger partial charge on any atom is -0.443 e. The predicted octanol–water partition coefficient (Wildman–Crippen LogP) is 2.96. The standard InChI is InChI=1S/C16H23N3O3.C2F6NO4S2/c1-15-8-4-7-11-19(15)12-13-22-16(21)18-10-6-3-2-5-9-17-14-20;3-1(4,5)14(10,11)9-15(12,13)2(6,7)8/h4,7-8,11H,2-3,5-6,9-10,12-13H2,1H3;/q;-1/p+1. The molecule has 0 unspecified atom stereocenters. The Kier molecular flexibility index (Phi) is 14.3. The maximum absolute atomic E-state index is 11.5. The Hall–Kier alpha value is -2.76. The molecule has 0 aliphatic heterocycles. The van der Waals surface area contributed by atoms with E-state index in [4.69, 9.17) is 4.74 Å². The van der Waals surface area contributed by atoms with Gasteiger partial charge in [-0.3, -0.25) is 0 Å². The molecule has 1 aromatic heterocycles. The lowest BCUT2D eigenvalue weighted by molar-refractivity contribution is -0.703. The molecule has 0 aromatic carbocycles. The Labute approximate surface area is 209 Å². The first-order valence-electron chi connectivity index (χ1n) is 10.2. The Balaban J connectivity index is 0.000000757. The van der Waals surface area contributed by atoms with Gasteiger partial charge in [0, 0.05) is 25.6 Å². The van der Waals surface area contributed by atoms with Gasteiger partial charge in [-0.25, -0.2) is 31.4 Å². The lowest BCUT2D eigenvalue weighted by atomic mass is 10.2. The van der Waals surface area contributed by atoms with Crippen LogP contribution in [0, 0.1) is 6.92 Å². The largest absolute Gasteiger partial charge is 0.480 e. The van der Waals surface area contributed by atoms with Crippen LogP contribution < -0.4 is 9.88 Å². The number of nitrogens with one attached hydrogen (secondary N) is 1. The first-order valence-corrected chi connectivity index (χ1v) is 13.1. The molecule has 11 nitrogen and oxygen atoms in total. The van der Waals surface area contributed by atoms with E-state index in [0.29, 0.717) is 26.2 Å². The number of halogens is 6. The molecule has 1 N–H and O–H groups in total. The van der Waals surface area contributed by atoms with Crippen LogP contribution in [0.2, 0.25) is 0 Å². The Bertz CT molecular complexity index is 1080. The molecular weight excluding hydrogens is 562 g/mol. The van der Waals surface area contributed by atoms with E-state index >= 15 is 0 Å². The highest BCUT2D eigenvalue weighted by Gasteiger charge is 2.46. The van der Waals surface area contributed by atoms with Crippen LogP contribution in [0.15, 0.2) is 29.4 Å². The van der Waals surface area contributed by atoms with Crippen molar-refractivity contribution in [3.63, 3.8) is 0 Å². The molecular formula is C18H24F6N4O7S2. The number of hydrogen-bond acceptors (Lipinski definition) is 8. The van der Waals surface area contributed by atoms with E-state index in [-0.39, 0.29) is 6.09 Å². The molecule has 0 saturated heterocycles. The molecule has 212 valence electrons. The lowest BCUT2D eigenvalue weighted by Gasteiger charge is -2.22. The maximum Gasteiger partial charge on any atom is 0.480 e. The number of nitrogens with zero attached hydrogens (tertiary/aromatic N) is 3. The average Bonchev–Trinajstić information content (AvgIpc) is 2.75. The topological polar surface area (TPSA) is 154 Å². The maximum atomic E-state index is 11.5. The van der Waals surface area contributed by atoms with E-state index in [1.807, 2.05) is 35.9 Å². The number of sulfonamides is 2. The highest BCUT2D eigenvalue weighted by atomic mass is 32.3. The van der Waals surface area contributed by atoms with Gasteiger partial charge in [-0.2, -0.15) is 30.9 Å². The summed E-state index contributed by atoms with van der Waals surface area (Å²) < 4.78 is 116. The number of rotatable bonds is 12. The number of alkyl carbamates (subject to hydrolysis) is 1. The molecule has 19 heteroatoms. The third-order valence-corrected chi connectivity index (χ3v) is 6.78. The predicted molar refractivity (Wildman–Crippen MR) is 115 cm³/mol. The highest BCUT2D eigenvalue weighted by Crippen LogP contribution is 2.36. The summed E-state index contributed by atoms with van der Waals surface area (Å²) in [6.07, 6.45) is 6.87. The van der Waals surface area contributed by atoms with E-state index in [9.17, 15) is 52.8 Å². The second kappa shape index (κ2) is 15.5. The van der Waals surface area contributed by atoms with Crippen molar-refractivity contribution in [1.29, 1.82) is 0 Å². The van der Waals surface area contributed by atoms with Crippen molar-refractivity contribution in [3.8, 4) is 0 Å². The Morgan fingerprint density at radius 3 is 2.11 bits per heavy atom. The molecule has 1 heterocycles. The molecule has 0 bridgehead atoms. The van der Waals surface area contributed by atoms with Crippen LogP contribution in [0.1, 0.15) is 31.4 Å². The summed E-state index contributed by atoms with van der Waals surface area (Å²) in [4.78, 5) is 24.8. The van der Waals surface area contributed by atoms with Crippen molar-refractivity contribution in [2.75, 3.05) is 19.7 Å². The average molecular weight is 587 g/mol. The Morgan fingerprint density at radius 2 is 1.59 bits per heavy atom. The zero-order chi connectivity index (χ0) is 28.8. The van der Waals surface area contributed by atoms with Gasteiger partial charge in [0.25, 0.3) is 0 Å². The number of aliphatic imine (C=N–C) groups is 1. The van der Waals surface area contributed by atoms with E-state index in [1.54, 1.807) is 0 Å². The number of aromatic nitrogens is 1. The normalized spacial score (nSPS) is 12.1. The number of ether oxygens (including phenoxy) is 1. The fourth-order valence-corrected chi connectivity index (χ4v) is 3.93. The van der Waals surface area contributed by atoms with Gasteiger partial charge in [-0.05, 0) is 12.8 Å². The summed E-state index contributed by atoms with van der Waals surface area (Å²) in [7, 11) is -13.4. The molecule has 0 radical (unpaired) electrons. The van der Waals surface area contributed by atoms with Crippen LogP contribution in [-0.4, -0.2) is 59.7 Å². The molecule has 1 amide bonds. The van der Waals surface area contributed by atoms with Crippen LogP contribution in [0.3, 0.4) is 0 Å². The van der Waals surface area contributed by atoms with Gasteiger partial charge in [0.15, 0.2) is 45.1 Å². The van der Waals surface area contributed by atoms with Crippen molar-refractivity contribution in [3.05, 3.63) is 34.2 Å². The van der Waals surface area contributed by atoms with Gasteiger partial charge in [-0.1, -0.05) is 18.9 Å². The molecule has 1 rings (SSSR count). The van der Waals surface area contributed by atoms with Gasteiger partial charge in [0.05, 0.1) is 6.54 Å². The summed E-state index contributed by atoms with van der Waals surface area (Å²) in [6, 6.07) is 5.94. The van der Waals surface area contributed by atoms with E-state index in [0.717, 1.165) is 35.5 Å². The number of aryl methyl sites for hydroxylation is 1. The number of hydrogen-bond donors (Lipinski definition) is 1. The van der Waals surface area contributed by atoms with Crippen molar-refractivity contribution >= 4 is 32.2 Å². The molecule has 37 heavy (non-hydrogen) atoms. The van der Waals surface area contributed by atoms with E-state index in [1.165, 1.54) is 6.08 Å². The molecule has 0 aliphatic rings. The molecule has 0 aliphatic carbocycles. The minimum atomic E-state index is -6.72. The van der Waals surface area contributed by atoms with Gasteiger partial charge in [0.1, 0.15) is 0 Å². The summed E-state index contributed by atoms with van der Waals surface area (Å²) in [5, 5.41) is 2.73. The third kappa shape index (κ3) is 13.9. The summed E-state index contributed by atoms with van der Waals surface area (Å²) in [6.45, 7) is 4.16. The van der Waals surface area contributed by atoms with Crippen molar-refractivity contribution in [1.82, 2.24) is 5.32 Å². The summed E-state index contributed by atoms with van der Waals surface area (Å²) >= 11 is 0. The van der Waals surface area contributed by atoms with E-state index in [2.05, 4.69) is 10.3 Å². The fourth-order valence-electron chi connectivity index (χ4n) is 2.22. The molecule has 0 atom stereocenters. The molecule has 0 saturated carbocycles. The third-order valence-electron chi connectivity index (χ3n) is 4.04. The number of carbonyl (C=O) groups is 1. The van der Waals surface area contributed by atoms with Gasteiger partial charge < -0.3 is 14.2 Å². The SMILES string of the molecule is Cc1cccc[n+]1CCOC(=O)NCCCCCCN=C=O.O=S(=O)([N-]S(=O)(=O)C(F)(F)F)C(F)(F)F. The second-order valence-corrected chi connectivity index (χ2v) is 10.3. The smallest absolute Gasteiger partial charge is 0.443 e. The zero-order valence-electron chi connectivity index (χ0n) is 19.2. The monoisotopic (exact) mass is 586 g/mol. The van der Waals surface area contributed by atoms with Crippen LogP contribution in [0.25, 0.3) is 4.13 Å². The summed E-state index contributed by atoms with van der Waals surface area (Å²) in [5.74, 6) is 0. The number of alkyl halides is 6. The first kappa shape index (κ1) is 34.2. The zero-order valence-corrected chi connectivity index (χ0v) is 20.9. The number of pyridine rings is 1. The molecule has 0 fully saturated rings. The molecule has 1 aromatic rings. The van der Waals surface area contributed by atoms with Gasteiger partial charge in [-0.15, -0.1) is 0 Å². The number of amides is 1. The number of isocyanates is 1. The van der Waals surface area contributed by atoms with Crippen molar-refractivity contribution < 1.29 is 62.1 Å². The van der Waals surface area contributed by atoms with E-state index < -0.39 is 31.1 Å². The van der Waals surface area contributed by atoms with Crippen LogP contribution in [0.5, 0.6) is 0 Å².